The second-order valence-electron chi connectivity index (χ2n) is 9.76. The van der Waals surface area contributed by atoms with Gasteiger partial charge in [-0.1, -0.05) is 0 Å². The lowest BCUT2D eigenvalue weighted by molar-refractivity contribution is -0.139. The fourth-order valence-electron chi connectivity index (χ4n) is 5.05. The quantitative estimate of drug-likeness (QED) is 0.670. The van der Waals surface area contributed by atoms with E-state index in [0.717, 1.165) is 38.2 Å². The zero-order valence-electron chi connectivity index (χ0n) is 21.1. The van der Waals surface area contributed by atoms with Crippen LogP contribution in [-0.4, -0.2) is 65.7 Å². The first-order valence-electron chi connectivity index (χ1n) is 12.5. The molecule has 4 unspecified atom stereocenters. The maximum absolute atomic E-state index is 12.7. The molecule has 2 aliphatic rings. The second kappa shape index (κ2) is 11.1. The van der Waals surface area contributed by atoms with Crippen LogP contribution in [0.3, 0.4) is 0 Å². The number of piperidine rings is 1. The number of nitrogens with one attached hydrogen (secondary N) is 1. The minimum Gasteiger partial charge on any atom is -0.484 e. The topological polar surface area (TPSA) is 84.0 Å². The van der Waals surface area contributed by atoms with Gasteiger partial charge in [0, 0.05) is 30.7 Å². The third-order valence-corrected chi connectivity index (χ3v) is 6.71. The monoisotopic (exact) mass is 480 g/mol. The van der Waals surface area contributed by atoms with Crippen LogP contribution < -0.4 is 15.0 Å². The highest BCUT2D eigenvalue weighted by atomic mass is 16.5. The summed E-state index contributed by atoms with van der Waals surface area (Å²) >= 11 is 0. The Morgan fingerprint density at radius 1 is 1.00 bits per heavy atom. The third kappa shape index (κ3) is 6.31. The zero-order chi connectivity index (χ0) is 24.9. The Balaban J connectivity index is 1.29. The van der Waals surface area contributed by atoms with E-state index in [2.05, 4.69) is 42.9 Å². The van der Waals surface area contributed by atoms with E-state index in [1.165, 1.54) is 0 Å². The van der Waals surface area contributed by atoms with Gasteiger partial charge in [-0.2, -0.15) is 0 Å². The average molecular weight is 481 g/mol. The van der Waals surface area contributed by atoms with Crippen molar-refractivity contribution in [2.45, 2.75) is 71.2 Å². The lowest BCUT2D eigenvalue weighted by Crippen LogP contribution is -2.49. The molecule has 3 heterocycles. The van der Waals surface area contributed by atoms with Crippen LogP contribution in [0.25, 0.3) is 0 Å². The number of carbonyl (C=O) groups excluding carboxylic acids is 2. The molecule has 1 N–H and O–H groups in total. The van der Waals surface area contributed by atoms with Gasteiger partial charge in [0.1, 0.15) is 11.6 Å². The van der Waals surface area contributed by atoms with E-state index >= 15 is 0 Å². The molecule has 2 amide bonds. The molecule has 2 aliphatic heterocycles. The first kappa shape index (κ1) is 25.0. The van der Waals surface area contributed by atoms with Crippen molar-refractivity contribution in [3.8, 4) is 5.75 Å². The Morgan fingerprint density at radius 3 is 2.26 bits per heavy atom. The molecular formula is C27H36N4O4. The van der Waals surface area contributed by atoms with Crippen LogP contribution in [0.5, 0.6) is 5.75 Å². The maximum Gasteiger partial charge on any atom is 0.260 e. The number of nitrogens with zero attached hydrogens (tertiary/aromatic N) is 3. The smallest absolute Gasteiger partial charge is 0.260 e. The molecule has 2 aromatic rings. The number of hydrogen-bond donors (Lipinski definition) is 1. The molecule has 188 valence electrons. The summed E-state index contributed by atoms with van der Waals surface area (Å²) in [5.74, 6) is 1.21. The molecule has 1 aromatic heterocycles. The Morgan fingerprint density at radius 2 is 1.66 bits per heavy atom. The number of rotatable bonds is 6. The van der Waals surface area contributed by atoms with Crippen LogP contribution in [0, 0.1) is 0 Å². The van der Waals surface area contributed by atoms with Gasteiger partial charge in [0.05, 0.1) is 24.1 Å². The highest BCUT2D eigenvalue weighted by molar-refractivity contribution is 6.04. The van der Waals surface area contributed by atoms with Crippen molar-refractivity contribution in [3.63, 3.8) is 0 Å². The van der Waals surface area contributed by atoms with E-state index in [1.807, 2.05) is 17.0 Å². The summed E-state index contributed by atoms with van der Waals surface area (Å²) < 4.78 is 11.5. The van der Waals surface area contributed by atoms with E-state index in [4.69, 9.17) is 9.47 Å². The van der Waals surface area contributed by atoms with Crippen molar-refractivity contribution in [2.24, 2.45) is 0 Å². The van der Waals surface area contributed by atoms with Gasteiger partial charge in [-0.3, -0.25) is 9.59 Å². The van der Waals surface area contributed by atoms with Crippen molar-refractivity contribution >= 4 is 23.3 Å². The Bertz CT molecular complexity index is 991. The number of morpholine rings is 1. The number of carbonyl (C=O) groups is 2. The zero-order valence-corrected chi connectivity index (χ0v) is 21.1. The fraction of sp³-hybridized carbons (Fsp3) is 0.519. The molecule has 2 fully saturated rings. The SMILES string of the molecule is CC1CN(c2ccc(NC(=O)c3ccc(OCC(=O)N4C(C)CCCC4C)cc3)cn2)CC(C)O1. The predicted molar refractivity (Wildman–Crippen MR) is 136 cm³/mol. The summed E-state index contributed by atoms with van der Waals surface area (Å²) in [7, 11) is 0. The number of hydrogen-bond acceptors (Lipinski definition) is 6. The maximum atomic E-state index is 12.7. The highest BCUT2D eigenvalue weighted by Gasteiger charge is 2.29. The molecule has 8 heteroatoms. The van der Waals surface area contributed by atoms with E-state index in [1.54, 1.807) is 30.5 Å². The Kier molecular flexibility index (Phi) is 7.90. The van der Waals surface area contributed by atoms with Crippen molar-refractivity contribution in [2.75, 3.05) is 29.9 Å². The van der Waals surface area contributed by atoms with Crippen LogP contribution in [0.4, 0.5) is 11.5 Å². The number of anilines is 2. The van der Waals surface area contributed by atoms with Gasteiger partial charge in [0.15, 0.2) is 6.61 Å². The van der Waals surface area contributed by atoms with Crippen LogP contribution >= 0.6 is 0 Å². The molecule has 0 spiro atoms. The molecule has 8 nitrogen and oxygen atoms in total. The number of aromatic nitrogens is 1. The van der Waals surface area contributed by atoms with Gasteiger partial charge in [0.25, 0.3) is 11.8 Å². The molecule has 0 saturated carbocycles. The number of amides is 2. The molecule has 0 radical (unpaired) electrons. The van der Waals surface area contributed by atoms with Gasteiger partial charge in [-0.15, -0.1) is 0 Å². The molecule has 4 atom stereocenters. The normalized spacial score (nSPS) is 24.7. The van der Waals surface area contributed by atoms with Gasteiger partial charge in [-0.05, 0) is 83.4 Å². The van der Waals surface area contributed by atoms with E-state index in [9.17, 15) is 9.59 Å². The Labute approximate surface area is 207 Å². The summed E-state index contributed by atoms with van der Waals surface area (Å²) in [4.78, 5) is 34.0. The first-order chi connectivity index (χ1) is 16.8. The summed E-state index contributed by atoms with van der Waals surface area (Å²) in [6, 6.07) is 11.1. The van der Waals surface area contributed by atoms with Crippen LogP contribution in [0.15, 0.2) is 42.6 Å². The van der Waals surface area contributed by atoms with Gasteiger partial charge < -0.3 is 24.6 Å². The van der Waals surface area contributed by atoms with Crippen molar-refractivity contribution < 1.29 is 19.1 Å². The summed E-state index contributed by atoms with van der Waals surface area (Å²) in [5, 5.41) is 2.88. The molecule has 4 rings (SSSR count). The van der Waals surface area contributed by atoms with Crippen molar-refractivity contribution in [3.05, 3.63) is 48.2 Å². The number of likely N-dealkylation sites (tertiary alicyclic amines) is 1. The van der Waals surface area contributed by atoms with Gasteiger partial charge in [0.2, 0.25) is 0 Å². The molecule has 0 aliphatic carbocycles. The van der Waals surface area contributed by atoms with Crippen LogP contribution in [0.1, 0.15) is 57.3 Å². The van der Waals surface area contributed by atoms with Gasteiger partial charge in [-0.25, -0.2) is 4.98 Å². The Hall–Kier alpha value is -3.13. The summed E-state index contributed by atoms with van der Waals surface area (Å²) in [6.45, 7) is 9.88. The minimum absolute atomic E-state index is 0.00105. The van der Waals surface area contributed by atoms with E-state index in [0.29, 0.717) is 17.0 Å². The number of benzene rings is 1. The molecule has 1 aromatic carbocycles. The lowest BCUT2D eigenvalue weighted by atomic mass is 9.97. The molecule has 0 bridgehead atoms. The fourth-order valence-corrected chi connectivity index (χ4v) is 5.05. The van der Waals surface area contributed by atoms with Crippen LogP contribution in [0.2, 0.25) is 0 Å². The summed E-state index contributed by atoms with van der Waals surface area (Å²) in [5.41, 5.74) is 1.13. The first-order valence-corrected chi connectivity index (χ1v) is 12.5. The third-order valence-electron chi connectivity index (χ3n) is 6.71. The molecule has 35 heavy (non-hydrogen) atoms. The largest absolute Gasteiger partial charge is 0.484 e. The lowest BCUT2D eigenvalue weighted by Gasteiger charge is -2.38. The number of ether oxygens (including phenoxy) is 2. The van der Waals surface area contributed by atoms with Crippen molar-refractivity contribution in [1.29, 1.82) is 0 Å². The number of pyridine rings is 1. The van der Waals surface area contributed by atoms with E-state index in [-0.39, 0.29) is 42.7 Å². The summed E-state index contributed by atoms with van der Waals surface area (Å²) in [6.07, 6.45) is 5.20. The molecule has 2 saturated heterocycles. The van der Waals surface area contributed by atoms with Crippen LogP contribution in [-0.2, 0) is 9.53 Å². The standard InChI is InChI=1S/C27H36N4O4/c1-18-6-5-7-19(2)31(18)26(32)17-34-24-11-8-22(9-12-24)27(33)29-23-10-13-25(28-14-23)30-15-20(3)35-21(4)16-30/h8-14,18-21H,5-7,15-17H2,1-4H3,(H,29,33). The minimum atomic E-state index is -0.230. The highest BCUT2D eigenvalue weighted by Crippen LogP contribution is 2.23. The average Bonchev–Trinajstić information content (AvgIpc) is 2.83. The van der Waals surface area contributed by atoms with E-state index < -0.39 is 0 Å². The molecular weight excluding hydrogens is 444 g/mol. The predicted octanol–water partition coefficient (Wildman–Crippen LogP) is 4.12. The second-order valence-corrected chi connectivity index (χ2v) is 9.76. The van der Waals surface area contributed by atoms with Gasteiger partial charge >= 0.3 is 0 Å². The van der Waals surface area contributed by atoms with Crippen molar-refractivity contribution in [1.82, 2.24) is 9.88 Å².